The van der Waals surface area contributed by atoms with Gasteiger partial charge in [-0.3, -0.25) is 4.79 Å². The van der Waals surface area contributed by atoms with Gasteiger partial charge in [0.15, 0.2) is 0 Å². The Hall–Kier alpha value is -1.09. The highest BCUT2D eigenvalue weighted by molar-refractivity contribution is 6.32. The maximum absolute atomic E-state index is 12.8. The molecule has 104 valence electrons. The molecule has 1 saturated carbocycles. The third-order valence-corrected chi connectivity index (χ3v) is 3.86. The quantitative estimate of drug-likeness (QED) is 0.801. The zero-order valence-corrected chi connectivity index (χ0v) is 11.6. The Kier molecular flexibility index (Phi) is 5.20. The van der Waals surface area contributed by atoms with Gasteiger partial charge < -0.3 is 4.74 Å². The minimum absolute atomic E-state index is 0.209. The Morgan fingerprint density at radius 3 is 2.74 bits per heavy atom. The van der Waals surface area contributed by atoms with E-state index in [2.05, 4.69) is 0 Å². The van der Waals surface area contributed by atoms with Gasteiger partial charge in [-0.15, -0.1) is 0 Å². The van der Waals surface area contributed by atoms with Gasteiger partial charge in [-0.25, -0.2) is 4.39 Å². The highest BCUT2D eigenvalue weighted by Gasteiger charge is 2.20. The van der Waals surface area contributed by atoms with Crippen molar-refractivity contribution < 1.29 is 13.9 Å². The molecule has 0 heterocycles. The number of Topliss-reactive ketones (excluding diaryl/α,β-unsaturated/α-hetero) is 1. The number of carbonyl (C=O) groups excluding carboxylic acids is 1. The molecule has 0 spiro atoms. The van der Waals surface area contributed by atoms with Gasteiger partial charge in [0, 0.05) is 12.3 Å². The van der Waals surface area contributed by atoms with Gasteiger partial charge in [-0.05, 0) is 31.0 Å². The molecule has 2 rings (SSSR count). The number of rotatable bonds is 5. The van der Waals surface area contributed by atoms with Crippen LogP contribution in [0.5, 0.6) is 5.75 Å². The summed E-state index contributed by atoms with van der Waals surface area (Å²) >= 11 is 5.84. The summed E-state index contributed by atoms with van der Waals surface area (Å²) in [6.45, 7) is 0.306. The summed E-state index contributed by atoms with van der Waals surface area (Å²) in [4.78, 5) is 12.0. The molecule has 0 amide bonds. The molecule has 0 radical (unpaired) electrons. The molecule has 4 heteroatoms. The van der Waals surface area contributed by atoms with Crippen molar-refractivity contribution in [3.63, 3.8) is 0 Å². The van der Waals surface area contributed by atoms with Crippen LogP contribution in [0.1, 0.15) is 38.5 Å². The molecule has 2 nitrogen and oxygen atoms in total. The number of hydrogen-bond donors (Lipinski definition) is 0. The lowest BCUT2D eigenvalue weighted by atomic mass is 9.85. The van der Waals surface area contributed by atoms with Crippen LogP contribution in [0.3, 0.4) is 0 Å². The fourth-order valence-corrected chi connectivity index (χ4v) is 2.70. The number of carbonyl (C=O) groups is 1. The number of benzene rings is 1. The highest BCUT2D eigenvalue weighted by atomic mass is 35.5. The Bertz CT molecular complexity index is 442. The third kappa shape index (κ3) is 4.20. The summed E-state index contributed by atoms with van der Waals surface area (Å²) in [5.41, 5.74) is 0. The first-order valence-corrected chi connectivity index (χ1v) is 7.15. The molecular weight excluding hydrogens is 267 g/mol. The molecule has 19 heavy (non-hydrogen) atoms. The second-order valence-corrected chi connectivity index (χ2v) is 5.38. The number of ketones is 1. The fraction of sp³-hybridized carbons (Fsp3) is 0.533. The van der Waals surface area contributed by atoms with Crippen molar-refractivity contribution in [1.82, 2.24) is 0 Å². The van der Waals surface area contributed by atoms with Crippen LogP contribution < -0.4 is 4.74 Å². The van der Waals surface area contributed by atoms with Crippen LogP contribution in [-0.4, -0.2) is 12.4 Å². The van der Waals surface area contributed by atoms with Gasteiger partial charge in [0.05, 0.1) is 11.6 Å². The van der Waals surface area contributed by atoms with Crippen LogP contribution >= 0.6 is 11.6 Å². The van der Waals surface area contributed by atoms with Gasteiger partial charge >= 0.3 is 0 Å². The lowest BCUT2D eigenvalue weighted by Gasteiger charge is -2.20. The monoisotopic (exact) mass is 284 g/mol. The molecule has 0 saturated heterocycles. The smallest absolute Gasteiger partial charge is 0.139 e. The van der Waals surface area contributed by atoms with Gasteiger partial charge in [0.2, 0.25) is 0 Å². The zero-order chi connectivity index (χ0) is 13.7. The van der Waals surface area contributed by atoms with Crippen LogP contribution in [0.15, 0.2) is 18.2 Å². The van der Waals surface area contributed by atoms with Crippen molar-refractivity contribution in [2.45, 2.75) is 38.5 Å². The van der Waals surface area contributed by atoms with Crippen LogP contribution in [0, 0.1) is 11.7 Å². The second-order valence-electron chi connectivity index (χ2n) is 4.97. The SMILES string of the molecule is O=C(CCOc1ccc(F)cc1Cl)C1CCCCC1. The van der Waals surface area contributed by atoms with E-state index in [1.54, 1.807) is 0 Å². The zero-order valence-electron chi connectivity index (χ0n) is 10.8. The molecule has 1 fully saturated rings. The van der Waals surface area contributed by atoms with E-state index in [0.29, 0.717) is 18.8 Å². The molecule has 1 aromatic carbocycles. The Morgan fingerprint density at radius 2 is 2.05 bits per heavy atom. The van der Waals surface area contributed by atoms with E-state index >= 15 is 0 Å². The standard InChI is InChI=1S/C15H18ClFO2/c16-13-10-12(17)6-7-15(13)19-9-8-14(18)11-4-2-1-3-5-11/h6-7,10-11H,1-5,8-9H2. The van der Waals surface area contributed by atoms with E-state index in [-0.39, 0.29) is 16.7 Å². The predicted octanol–water partition coefficient (Wildman–Crippen LogP) is 4.40. The largest absolute Gasteiger partial charge is 0.492 e. The summed E-state index contributed by atoms with van der Waals surface area (Å²) in [6.07, 6.45) is 5.97. The fourth-order valence-electron chi connectivity index (χ4n) is 2.48. The molecule has 0 bridgehead atoms. The van der Waals surface area contributed by atoms with E-state index in [1.165, 1.54) is 24.6 Å². The minimum atomic E-state index is -0.393. The first-order chi connectivity index (χ1) is 9.16. The Labute approximate surface area is 117 Å². The van der Waals surface area contributed by atoms with Gasteiger partial charge in [0.1, 0.15) is 17.3 Å². The van der Waals surface area contributed by atoms with E-state index in [9.17, 15) is 9.18 Å². The van der Waals surface area contributed by atoms with E-state index in [4.69, 9.17) is 16.3 Å². The third-order valence-electron chi connectivity index (χ3n) is 3.56. The maximum atomic E-state index is 12.8. The van der Waals surface area contributed by atoms with Crippen LogP contribution in [0.4, 0.5) is 4.39 Å². The molecule has 1 aliphatic carbocycles. The minimum Gasteiger partial charge on any atom is -0.492 e. The van der Waals surface area contributed by atoms with E-state index in [0.717, 1.165) is 25.7 Å². The molecule has 0 N–H and O–H groups in total. The summed E-state index contributed by atoms with van der Waals surface area (Å²) in [6, 6.07) is 3.99. The van der Waals surface area contributed by atoms with Gasteiger partial charge in [-0.2, -0.15) is 0 Å². The topological polar surface area (TPSA) is 26.3 Å². The summed E-state index contributed by atoms with van der Waals surface area (Å²) in [5.74, 6) is 0.522. The average Bonchev–Trinajstić information content (AvgIpc) is 2.42. The van der Waals surface area contributed by atoms with Crippen molar-refractivity contribution in [2.24, 2.45) is 5.92 Å². The van der Waals surface area contributed by atoms with Crippen LogP contribution in [0.25, 0.3) is 0 Å². The first kappa shape index (κ1) is 14.3. The van der Waals surface area contributed by atoms with E-state index in [1.807, 2.05) is 0 Å². The highest BCUT2D eigenvalue weighted by Crippen LogP contribution is 2.27. The second kappa shape index (κ2) is 6.90. The van der Waals surface area contributed by atoms with Crippen molar-refractivity contribution >= 4 is 17.4 Å². The van der Waals surface area contributed by atoms with Crippen LogP contribution in [-0.2, 0) is 4.79 Å². The first-order valence-electron chi connectivity index (χ1n) is 6.77. The number of halogens is 2. The Morgan fingerprint density at radius 1 is 1.32 bits per heavy atom. The molecule has 0 unspecified atom stereocenters. The molecule has 0 atom stereocenters. The molecular formula is C15H18ClFO2. The predicted molar refractivity (Wildman–Crippen MR) is 73.1 cm³/mol. The number of ether oxygens (including phenoxy) is 1. The maximum Gasteiger partial charge on any atom is 0.139 e. The summed E-state index contributed by atoms with van der Waals surface area (Å²) in [5, 5.41) is 0.241. The van der Waals surface area contributed by atoms with Crippen LogP contribution in [0.2, 0.25) is 5.02 Å². The lowest BCUT2D eigenvalue weighted by Crippen LogP contribution is -2.19. The summed E-state index contributed by atoms with van der Waals surface area (Å²) < 4.78 is 18.3. The number of hydrogen-bond acceptors (Lipinski definition) is 2. The molecule has 0 aromatic heterocycles. The van der Waals surface area contributed by atoms with Crippen molar-refractivity contribution in [1.29, 1.82) is 0 Å². The van der Waals surface area contributed by atoms with Crippen molar-refractivity contribution in [3.05, 3.63) is 29.0 Å². The normalized spacial score (nSPS) is 16.3. The summed E-state index contributed by atoms with van der Waals surface area (Å²) in [7, 11) is 0. The molecule has 0 aliphatic heterocycles. The van der Waals surface area contributed by atoms with E-state index < -0.39 is 5.82 Å². The molecule has 1 aliphatic rings. The van der Waals surface area contributed by atoms with Gasteiger partial charge in [-0.1, -0.05) is 30.9 Å². The van der Waals surface area contributed by atoms with Crippen molar-refractivity contribution in [2.75, 3.05) is 6.61 Å². The lowest BCUT2D eigenvalue weighted by molar-refractivity contribution is -0.124. The van der Waals surface area contributed by atoms with Gasteiger partial charge in [0.25, 0.3) is 0 Å². The van der Waals surface area contributed by atoms with Crippen molar-refractivity contribution in [3.8, 4) is 5.75 Å². The Balaban J connectivity index is 1.78. The molecule has 1 aromatic rings. The average molecular weight is 285 g/mol.